The van der Waals surface area contributed by atoms with Gasteiger partial charge >= 0.3 is 5.97 Å². The van der Waals surface area contributed by atoms with Gasteiger partial charge in [0.2, 0.25) is 6.61 Å². The Bertz CT molecular complexity index is 1120. The van der Waals surface area contributed by atoms with Crippen LogP contribution < -0.4 is 5.36 Å². The van der Waals surface area contributed by atoms with Gasteiger partial charge in [0, 0.05) is 17.8 Å². The molecule has 0 aliphatic carbocycles. The number of carboxylic acid groups (broad SMARTS) is 1. The van der Waals surface area contributed by atoms with Gasteiger partial charge in [-0.2, -0.15) is 0 Å². The number of hydrogen-bond acceptors (Lipinski definition) is 4. The van der Waals surface area contributed by atoms with Crippen molar-refractivity contribution >= 4 is 44.9 Å². The summed E-state index contributed by atoms with van der Waals surface area (Å²) < 4.78 is 1.91. The third-order valence-corrected chi connectivity index (χ3v) is 3.96. The highest BCUT2D eigenvalue weighted by atomic mass is 35.5. The lowest BCUT2D eigenvalue weighted by atomic mass is 10.1. The van der Waals surface area contributed by atoms with Crippen molar-refractivity contribution in [2.24, 2.45) is 5.16 Å². The van der Waals surface area contributed by atoms with E-state index in [9.17, 15) is 4.79 Å². The van der Waals surface area contributed by atoms with Crippen molar-refractivity contribution in [3.8, 4) is 0 Å². The minimum absolute atomic E-state index is 0.483. The van der Waals surface area contributed by atoms with Crippen molar-refractivity contribution in [3.05, 3.63) is 53.1 Å². The first kappa shape index (κ1) is 13.8. The molecule has 0 saturated carbocycles. The van der Waals surface area contributed by atoms with Gasteiger partial charge in [-0.15, -0.1) is 0 Å². The van der Waals surface area contributed by atoms with Crippen LogP contribution in [0.5, 0.6) is 0 Å². The Hall–Kier alpha value is -2.86. The van der Waals surface area contributed by atoms with E-state index in [0.717, 1.165) is 21.8 Å². The highest BCUT2D eigenvalue weighted by Gasteiger charge is 2.14. The molecule has 23 heavy (non-hydrogen) atoms. The fourth-order valence-corrected chi connectivity index (χ4v) is 3.02. The molecule has 0 unspecified atom stereocenters. The molecule has 3 heterocycles. The first-order chi connectivity index (χ1) is 11.2. The summed E-state index contributed by atoms with van der Waals surface area (Å²) in [5, 5.41) is 15.6. The first-order valence-corrected chi connectivity index (χ1v) is 7.22. The molecular formula is C16H10ClN3O3. The number of aliphatic carboxylic acids is 1. The number of pyridine rings is 2. The van der Waals surface area contributed by atoms with Crippen LogP contribution in [-0.4, -0.2) is 27.1 Å². The van der Waals surface area contributed by atoms with E-state index in [1.807, 2.05) is 40.9 Å². The van der Waals surface area contributed by atoms with E-state index >= 15 is 0 Å². The highest BCUT2D eigenvalue weighted by Crippen LogP contribution is 2.30. The maximum absolute atomic E-state index is 10.6. The van der Waals surface area contributed by atoms with Crippen molar-refractivity contribution in [3.63, 3.8) is 0 Å². The Balaban J connectivity index is 2.19. The molecule has 1 aromatic carbocycles. The molecule has 0 aliphatic rings. The fraction of sp³-hybridized carbons (Fsp3) is 0.0625. The third-order valence-electron chi connectivity index (χ3n) is 3.66. The van der Waals surface area contributed by atoms with Crippen LogP contribution in [0.3, 0.4) is 0 Å². The Morgan fingerprint density at radius 1 is 1.35 bits per heavy atom. The average Bonchev–Trinajstić information content (AvgIpc) is 3.01. The Morgan fingerprint density at radius 2 is 2.22 bits per heavy atom. The summed E-state index contributed by atoms with van der Waals surface area (Å²) >= 11 is 6.39. The van der Waals surface area contributed by atoms with E-state index in [-0.39, 0.29) is 0 Å². The summed E-state index contributed by atoms with van der Waals surface area (Å²) in [5.41, 5.74) is 2.21. The molecule has 7 heteroatoms. The predicted molar refractivity (Wildman–Crippen MR) is 85.6 cm³/mol. The molecule has 114 valence electrons. The molecule has 4 rings (SSSR count). The third kappa shape index (κ3) is 2.07. The molecule has 0 fully saturated rings. The monoisotopic (exact) mass is 327 g/mol. The summed E-state index contributed by atoms with van der Waals surface area (Å²) in [7, 11) is 0. The quantitative estimate of drug-likeness (QED) is 0.587. The molecule has 1 N–H and O–H groups in total. The maximum Gasteiger partial charge on any atom is 0.344 e. The molecule has 4 aromatic rings. The number of carboxylic acids is 1. The summed E-state index contributed by atoms with van der Waals surface area (Å²) in [6, 6.07) is 9.37. The van der Waals surface area contributed by atoms with Crippen molar-refractivity contribution in [1.29, 1.82) is 0 Å². The Morgan fingerprint density at radius 3 is 3.04 bits per heavy atom. The highest BCUT2D eigenvalue weighted by molar-refractivity contribution is 6.36. The van der Waals surface area contributed by atoms with Crippen LogP contribution in [0.2, 0.25) is 5.02 Å². The number of nitrogens with zero attached hydrogens (tertiary/aromatic N) is 3. The molecular weight excluding hydrogens is 318 g/mol. The molecule has 3 aromatic heterocycles. The smallest absolute Gasteiger partial charge is 0.344 e. The van der Waals surface area contributed by atoms with E-state index in [4.69, 9.17) is 21.5 Å². The summed E-state index contributed by atoms with van der Waals surface area (Å²) in [6.07, 6.45) is 3.55. The van der Waals surface area contributed by atoms with Gasteiger partial charge in [-0.05, 0) is 29.7 Å². The number of halogens is 1. The van der Waals surface area contributed by atoms with Crippen LogP contribution >= 0.6 is 11.6 Å². The number of carbonyl (C=O) groups is 1. The van der Waals surface area contributed by atoms with Crippen LogP contribution in [0, 0.1) is 0 Å². The lowest BCUT2D eigenvalue weighted by Gasteiger charge is -2.10. The van der Waals surface area contributed by atoms with Crippen LogP contribution in [0.1, 0.15) is 0 Å². The molecule has 0 amide bonds. The fourth-order valence-electron chi connectivity index (χ4n) is 2.77. The molecule has 0 spiro atoms. The molecule has 0 atom stereocenters. The van der Waals surface area contributed by atoms with Crippen molar-refractivity contribution in [2.45, 2.75) is 0 Å². The summed E-state index contributed by atoms with van der Waals surface area (Å²) in [6.45, 7) is -0.511. The van der Waals surface area contributed by atoms with Gasteiger partial charge in [0.05, 0.1) is 16.1 Å². The number of aromatic nitrogens is 2. The van der Waals surface area contributed by atoms with Crippen molar-refractivity contribution in [1.82, 2.24) is 9.38 Å². The van der Waals surface area contributed by atoms with Crippen LogP contribution in [0.15, 0.2) is 47.9 Å². The minimum Gasteiger partial charge on any atom is -0.479 e. The van der Waals surface area contributed by atoms with Crippen molar-refractivity contribution in [2.75, 3.05) is 6.61 Å². The topological polar surface area (TPSA) is 76.2 Å². The lowest BCUT2D eigenvalue weighted by Crippen LogP contribution is -2.13. The number of hydrogen-bond donors (Lipinski definition) is 1. The Labute approximate surface area is 134 Å². The average molecular weight is 328 g/mol. The van der Waals surface area contributed by atoms with Gasteiger partial charge in [0.15, 0.2) is 5.36 Å². The first-order valence-electron chi connectivity index (χ1n) is 6.84. The van der Waals surface area contributed by atoms with Crippen LogP contribution in [-0.2, 0) is 9.63 Å². The zero-order valence-corrected chi connectivity index (χ0v) is 12.5. The van der Waals surface area contributed by atoms with Gasteiger partial charge in [0.1, 0.15) is 5.52 Å². The second kappa shape index (κ2) is 5.10. The van der Waals surface area contributed by atoms with Gasteiger partial charge in [-0.1, -0.05) is 22.8 Å². The van der Waals surface area contributed by atoms with E-state index in [2.05, 4.69) is 10.1 Å². The normalized spacial score (nSPS) is 12.5. The summed E-state index contributed by atoms with van der Waals surface area (Å²) in [4.78, 5) is 20.0. The van der Waals surface area contributed by atoms with Gasteiger partial charge in [-0.25, -0.2) is 4.79 Å². The van der Waals surface area contributed by atoms with Crippen LogP contribution in [0.4, 0.5) is 0 Å². The van der Waals surface area contributed by atoms with E-state index < -0.39 is 12.6 Å². The Kier molecular flexibility index (Phi) is 3.06. The van der Waals surface area contributed by atoms with E-state index in [0.29, 0.717) is 15.9 Å². The summed E-state index contributed by atoms with van der Waals surface area (Å²) in [5.74, 6) is -1.09. The maximum atomic E-state index is 10.6. The molecule has 0 saturated heterocycles. The van der Waals surface area contributed by atoms with Gasteiger partial charge < -0.3 is 14.3 Å². The van der Waals surface area contributed by atoms with Crippen molar-refractivity contribution < 1.29 is 14.7 Å². The standard InChI is InChI=1S/C16H10ClN3O3/c17-10-4-3-9-5-6-18-15-13(9)16(10)20-7-1-2-11(20)14(15)19-23-8-12(21)22/h1-7H,8H2,(H,21,22). The number of rotatable bonds is 3. The van der Waals surface area contributed by atoms with E-state index in [1.54, 1.807) is 6.20 Å². The molecule has 0 bridgehead atoms. The number of benzene rings is 1. The zero-order chi connectivity index (χ0) is 16.0. The molecule has 0 aliphatic heterocycles. The second-order valence-electron chi connectivity index (χ2n) is 5.02. The molecule has 0 radical (unpaired) electrons. The predicted octanol–water partition coefficient (Wildman–Crippen LogP) is 2.65. The number of fused-ring (bicyclic) bond motifs is 2. The lowest BCUT2D eigenvalue weighted by molar-refractivity contribution is -0.142. The van der Waals surface area contributed by atoms with Crippen LogP contribution in [0.25, 0.3) is 27.3 Å². The van der Waals surface area contributed by atoms with E-state index in [1.165, 1.54) is 0 Å². The molecule has 6 nitrogen and oxygen atoms in total. The SMILES string of the molecule is O=C(O)CON=c1c2nccc3ccc(Cl)c(c32)n2cccc12. The zero-order valence-electron chi connectivity index (χ0n) is 11.7. The van der Waals surface area contributed by atoms with Gasteiger partial charge in [0.25, 0.3) is 0 Å². The van der Waals surface area contributed by atoms with Gasteiger partial charge in [-0.3, -0.25) is 4.98 Å². The second-order valence-corrected chi connectivity index (χ2v) is 5.43. The minimum atomic E-state index is -1.09. The largest absolute Gasteiger partial charge is 0.479 e.